The third kappa shape index (κ3) is 5.11. The predicted molar refractivity (Wildman–Crippen MR) is 70.9 cm³/mol. The van der Waals surface area contributed by atoms with Gasteiger partial charge in [0.1, 0.15) is 0 Å². The van der Waals surface area contributed by atoms with Gasteiger partial charge < -0.3 is 15.7 Å². The van der Waals surface area contributed by atoms with E-state index in [2.05, 4.69) is 10.6 Å². The maximum atomic E-state index is 10.7. The zero-order valence-electron chi connectivity index (χ0n) is 10.6. The van der Waals surface area contributed by atoms with Crippen LogP contribution in [0.1, 0.15) is 12.5 Å². The van der Waals surface area contributed by atoms with Gasteiger partial charge in [0.05, 0.1) is 11.0 Å². The van der Waals surface area contributed by atoms with E-state index in [-0.39, 0.29) is 11.8 Å². The lowest BCUT2D eigenvalue weighted by atomic mass is 10.2. The number of rotatable bonds is 7. The molecule has 0 fully saturated rings. The third-order valence-electron chi connectivity index (χ3n) is 2.34. The maximum absolute atomic E-state index is 10.7. The first-order valence-electron chi connectivity index (χ1n) is 5.88. The van der Waals surface area contributed by atoms with Crippen LogP contribution in [0.5, 0.6) is 0 Å². The highest BCUT2D eigenvalue weighted by atomic mass is 16.6. The fourth-order valence-electron chi connectivity index (χ4n) is 1.58. The summed E-state index contributed by atoms with van der Waals surface area (Å²) in [4.78, 5) is 10.3. The van der Waals surface area contributed by atoms with E-state index in [1.165, 1.54) is 12.1 Å². The van der Waals surface area contributed by atoms with Gasteiger partial charge in [0.15, 0.2) is 0 Å². The number of aryl methyl sites for hydroxylation is 1. The smallest absolute Gasteiger partial charge is 0.271 e. The van der Waals surface area contributed by atoms with Crippen molar-refractivity contribution in [2.75, 3.05) is 25.0 Å². The second kappa shape index (κ2) is 6.93. The highest BCUT2D eigenvalue weighted by molar-refractivity contribution is 5.53. The quantitative estimate of drug-likeness (QED) is 0.387. The van der Waals surface area contributed by atoms with Gasteiger partial charge in [-0.15, -0.1) is 0 Å². The van der Waals surface area contributed by atoms with Gasteiger partial charge in [-0.1, -0.05) is 0 Å². The van der Waals surface area contributed by atoms with Crippen LogP contribution >= 0.6 is 0 Å². The SMILES string of the molecule is Cc1cc(NCCNCC(C)O)cc([N+](=O)[O-])c1. The van der Waals surface area contributed by atoms with E-state index in [0.29, 0.717) is 19.6 Å². The monoisotopic (exact) mass is 253 g/mol. The second-order valence-electron chi connectivity index (χ2n) is 4.29. The topological polar surface area (TPSA) is 87.4 Å². The van der Waals surface area contributed by atoms with Crippen LogP contribution in [0.15, 0.2) is 18.2 Å². The molecular formula is C12H19N3O3. The van der Waals surface area contributed by atoms with Crippen molar-refractivity contribution in [3.63, 3.8) is 0 Å². The lowest BCUT2D eigenvalue weighted by Gasteiger charge is -2.09. The number of nitrogens with one attached hydrogen (secondary N) is 2. The van der Waals surface area contributed by atoms with Crippen molar-refractivity contribution in [1.29, 1.82) is 0 Å². The molecule has 3 N–H and O–H groups in total. The van der Waals surface area contributed by atoms with Gasteiger partial charge in [-0.3, -0.25) is 10.1 Å². The Kier molecular flexibility index (Phi) is 5.54. The summed E-state index contributed by atoms with van der Waals surface area (Å²) in [6.45, 7) is 5.41. The van der Waals surface area contributed by atoms with E-state index < -0.39 is 4.92 Å². The first-order valence-corrected chi connectivity index (χ1v) is 5.88. The number of benzene rings is 1. The Labute approximate surface area is 106 Å². The van der Waals surface area contributed by atoms with E-state index in [4.69, 9.17) is 5.11 Å². The largest absolute Gasteiger partial charge is 0.392 e. The van der Waals surface area contributed by atoms with E-state index in [1.54, 1.807) is 6.92 Å². The number of nitro benzene ring substituents is 1. The molecule has 0 heterocycles. The number of non-ortho nitro benzene ring substituents is 1. The van der Waals surface area contributed by atoms with Crippen LogP contribution in [0.25, 0.3) is 0 Å². The Bertz CT molecular complexity index is 408. The Morgan fingerprint density at radius 2 is 2.11 bits per heavy atom. The molecule has 6 nitrogen and oxygen atoms in total. The molecule has 1 aromatic rings. The lowest BCUT2D eigenvalue weighted by Crippen LogP contribution is -2.28. The number of hydrogen-bond donors (Lipinski definition) is 3. The molecule has 1 rings (SSSR count). The van der Waals surface area contributed by atoms with Crippen LogP contribution < -0.4 is 10.6 Å². The van der Waals surface area contributed by atoms with Gasteiger partial charge >= 0.3 is 0 Å². The molecule has 0 aromatic heterocycles. The average Bonchev–Trinajstić information content (AvgIpc) is 2.27. The number of aliphatic hydroxyl groups is 1. The van der Waals surface area contributed by atoms with Gasteiger partial charge in [-0.25, -0.2) is 0 Å². The third-order valence-corrected chi connectivity index (χ3v) is 2.34. The Hall–Kier alpha value is -1.66. The number of hydrogen-bond acceptors (Lipinski definition) is 5. The summed E-state index contributed by atoms with van der Waals surface area (Å²) >= 11 is 0. The lowest BCUT2D eigenvalue weighted by molar-refractivity contribution is -0.384. The van der Waals surface area contributed by atoms with Crippen LogP contribution in [0.2, 0.25) is 0 Å². The van der Waals surface area contributed by atoms with E-state index in [9.17, 15) is 10.1 Å². The van der Waals surface area contributed by atoms with Crippen molar-refractivity contribution in [2.45, 2.75) is 20.0 Å². The molecule has 18 heavy (non-hydrogen) atoms. The van der Waals surface area contributed by atoms with E-state index in [1.807, 2.05) is 13.0 Å². The summed E-state index contributed by atoms with van der Waals surface area (Å²) in [7, 11) is 0. The molecule has 1 unspecified atom stereocenters. The first kappa shape index (κ1) is 14.4. The summed E-state index contributed by atoms with van der Waals surface area (Å²) in [5.41, 5.74) is 1.68. The van der Waals surface area contributed by atoms with Crippen molar-refractivity contribution >= 4 is 11.4 Å². The minimum atomic E-state index is -0.399. The maximum Gasteiger partial charge on any atom is 0.271 e. The molecule has 1 aromatic carbocycles. The molecule has 0 aliphatic heterocycles. The standard InChI is InChI=1S/C12H19N3O3/c1-9-5-11(7-12(6-9)15(17)18)14-4-3-13-8-10(2)16/h5-7,10,13-14,16H,3-4,8H2,1-2H3. The summed E-state index contributed by atoms with van der Waals surface area (Å²) in [6, 6.07) is 4.92. The molecule has 1 atom stereocenters. The van der Waals surface area contributed by atoms with Crippen LogP contribution in [-0.4, -0.2) is 35.8 Å². The Balaban J connectivity index is 2.44. The van der Waals surface area contributed by atoms with Crippen molar-refractivity contribution < 1.29 is 10.0 Å². The predicted octanol–water partition coefficient (Wildman–Crippen LogP) is 1.29. The fourth-order valence-corrected chi connectivity index (χ4v) is 1.58. The molecule has 0 bridgehead atoms. The van der Waals surface area contributed by atoms with Crippen molar-refractivity contribution in [3.05, 3.63) is 33.9 Å². The van der Waals surface area contributed by atoms with Crippen molar-refractivity contribution in [1.82, 2.24) is 5.32 Å². The molecule has 0 saturated heterocycles. The van der Waals surface area contributed by atoms with Crippen LogP contribution in [0.3, 0.4) is 0 Å². The summed E-state index contributed by atoms with van der Waals surface area (Å²) in [5, 5.41) is 25.9. The zero-order chi connectivity index (χ0) is 13.5. The van der Waals surface area contributed by atoms with Crippen molar-refractivity contribution in [2.24, 2.45) is 0 Å². The molecule has 0 aliphatic carbocycles. The zero-order valence-corrected chi connectivity index (χ0v) is 10.6. The van der Waals surface area contributed by atoms with E-state index in [0.717, 1.165) is 11.3 Å². The summed E-state index contributed by atoms with van der Waals surface area (Å²) in [5.74, 6) is 0. The molecule has 6 heteroatoms. The molecule has 0 aliphatic rings. The first-order chi connectivity index (χ1) is 8.49. The number of aliphatic hydroxyl groups excluding tert-OH is 1. The average molecular weight is 253 g/mol. The van der Waals surface area contributed by atoms with Crippen LogP contribution in [0, 0.1) is 17.0 Å². The van der Waals surface area contributed by atoms with E-state index >= 15 is 0 Å². The molecule has 0 spiro atoms. The number of anilines is 1. The summed E-state index contributed by atoms with van der Waals surface area (Å²) in [6.07, 6.45) is -0.370. The molecule has 100 valence electrons. The minimum Gasteiger partial charge on any atom is -0.392 e. The van der Waals surface area contributed by atoms with Crippen molar-refractivity contribution in [3.8, 4) is 0 Å². The highest BCUT2D eigenvalue weighted by Crippen LogP contribution is 2.19. The van der Waals surface area contributed by atoms with Gasteiger partial charge in [-0.05, 0) is 25.5 Å². The van der Waals surface area contributed by atoms with Gasteiger partial charge in [0.25, 0.3) is 5.69 Å². The van der Waals surface area contributed by atoms with Gasteiger partial charge in [0, 0.05) is 37.5 Å². The molecule has 0 amide bonds. The Morgan fingerprint density at radius 1 is 1.39 bits per heavy atom. The summed E-state index contributed by atoms with van der Waals surface area (Å²) < 4.78 is 0. The van der Waals surface area contributed by atoms with Crippen LogP contribution in [0.4, 0.5) is 11.4 Å². The second-order valence-corrected chi connectivity index (χ2v) is 4.29. The number of nitrogens with zero attached hydrogens (tertiary/aromatic N) is 1. The van der Waals surface area contributed by atoms with Crippen LogP contribution in [-0.2, 0) is 0 Å². The number of nitro groups is 1. The fraction of sp³-hybridized carbons (Fsp3) is 0.500. The molecule has 0 saturated carbocycles. The van der Waals surface area contributed by atoms with Gasteiger partial charge in [-0.2, -0.15) is 0 Å². The Morgan fingerprint density at radius 3 is 2.72 bits per heavy atom. The highest BCUT2D eigenvalue weighted by Gasteiger charge is 2.07. The molecule has 0 radical (unpaired) electrons. The normalized spacial score (nSPS) is 12.2. The van der Waals surface area contributed by atoms with Gasteiger partial charge in [0.2, 0.25) is 0 Å². The molecular weight excluding hydrogens is 234 g/mol. The minimum absolute atomic E-state index is 0.0921.